The van der Waals surface area contributed by atoms with Gasteiger partial charge in [0.1, 0.15) is 35.1 Å². The second-order valence-corrected chi connectivity index (χ2v) is 9.19. The van der Waals surface area contributed by atoms with E-state index in [9.17, 15) is 19.2 Å². The van der Waals surface area contributed by atoms with Crippen LogP contribution < -0.4 is 21.0 Å². The first-order valence-electron chi connectivity index (χ1n) is 12.6. The van der Waals surface area contributed by atoms with Crippen LogP contribution in [0.4, 0.5) is 16.4 Å². The van der Waals surface area contributed by atoms with Gasteiger partial charge in [-0.15, -0.1) is 0 Å². The van der Waals surface area contributed by atoms with Crippen LogP contribution in [-0.2, 0) is 22.5 Å². The Balaban J connectivity index is 0.000000730. The van der Waals surface area contributed by atoms with Crippen LogP contribution in [0.25, 0.3) is 0 Å². The molecule has 0 bridgehead atoms. The number of aromatic amines is 1. The lowest BCUT2D eigenvalue weighted by Crippen LogP contribution is -2.40. The molecule has 11 heteroatoms. The number of aryl methyl sites for hydroxylation is 1. The highest BCUT2D eigenvalue weighted by molar-refractivity contribution is 6.01. The minimum atomic E-state index is -0.528. The van der Waals surface area contributed by atoms with E-state index in [1.165, 1.54) is 36.8 Å². The third-order valence-electron chi connectivity index (χ3n) is 6.58. The number of pyridine rings is 2. The van der Waals surface area contributed by atoms with Gasteiger partial charge in [0.2, 0.25) is 11.3 Å². The van der Waals surface area contributed by atoms with Gasteiger partial charge in [-0.25, -0.2) is 9.78 Å². The van der Waals surface area contributed by atoms with E-state index in [0.29, 0.717) is 50.1 Å². The molecule has 2 fully saturated rings. The first-order valence-corrected chi connectivity index (χ1v) is 12.6. The summed E-state index contributed by atoms with van der Waals surface area (Å²) in [4.78, 5) is 57.1. The fourth-order valence-corrected chi connectivity index (χ4v) is 4.14. The van der Waals surface area contributed by atoms with Crippen molar-refractivity contribution in [2.45, 2.75) is 64.0 Å². The number of H-pyrrole nitrogens is 1. The molecule has 1 saturated heterocycles. The van der Waals surface area contributed by atoms with E-state index >= 15 is 0 Å². The van der Waals surface area contributed by atoms with Crippen LogP contribution >= 0.6 is 0 Å². The number of hydrogen-bond donors (Lipinski definition) is 3. The van der Waals surface area contributed by atoms with Crippen LogP contribution in [0.15, 0.2) is 23.1 Å². The average molecular weight is 507 g/mol. The maximum Gasteiger partial charge on any atom is 0.328 e. The summed E-state index contributed by atoms with van der Waals surface area (Å²) in [6, 6.07) is 4.15. The summed E-state index contributed by atoms with van der Waals surface area (Å²) >= 11 is 0. The van der Waals surface area contributed by atoms with Crippen LogP contribution in [-0.4, -0.2) is 47.4 Å². The number of urea groups is 1. The van der Waals surface area contributed by atoms with Gasteiger partial charge in [0.05, 0.1) is 0 Å². The highest BCUT2D eigenvalue weighted by Gasteiger charge is 2.27. The zero-order chi connectivity index (χ0) is 26.2. The summed E-state index contributed by atoms with van der Waals surface area (Å²) in [5, 5.41) is 14.3. The van der Waals surface area contributed by atoms with Crippen molar-refractivity contribution >= 4 is 29.9 Å². The van der Waals surface area contributed by atoms with Crippen LogP contribution in [0.3, 0.4) is 0 Å². The van der Waals surface area contributed by atoms with Crippen molar-refractivity contribution in [2.75, 3.05) is 23.4 Å². The predicted molar refractivity (Wildman–Crippen MR) is 135 cm³/mol. The second kappa shape index (κ2) is 12.3. The number of nitrogens with zero attached hydrogens (tertiary/aromatic N) is 3. The minimum Gasteiger partial charge on any atom is -0.368 e. The third-order valence-corrected chi connectivity index (χ3v) is 6.58. The average Bonchev–Trinajstić information content (AvgIpc) is 3.40. The first kappa shape index (κ1) is 26.0. The lowest BCUT2D eigenvalue weighted by molar-refractivity contribution is -0.130. The quantitative estimate of drug-likeness (QED) is 0.526. The number of nitriles is 1. The van der Waals surface area contributed by atoms with E-state index in [1.807, 2.05) is 0 Å². The fraction of sp³-hybridized carbons (Fsp3) is 0.462. The number of carbonyl (C=O) groups is 3. The molecule has 4 heterocycles. The number of fused-ring (bicyclic) bond motifs is 1. The smallest absolute Gasteiger partial charge is 0.328 e. The van der Waals surface area contributed by atoms with Crippen LogP contribution in [0, 0.1) is 11.3 Å². The molecule has 0 aromatic carbocycles. The molecule has 5 rings (SSSR count). The number of nitrogens with one attached hydrogen (secondary N) is 3. The molecule has 37 heavy (non-hydrogen) atoms. The Hall–Kier alpha value is -4.04. The molecule has 3 amide bonds. The molecule has 194 valence electrons. The van der Waals surface area contributed by atoms with E-state index in [1.54, 1.807) is 12.1 Å². The number of aldehydes is 1. The molecule has 0 radical (unpaired) electrons. The summed E-state index contributed by atoms with van der Waals surface area (Å²) in [6.45, 7) is 1.07. The zero-order valence-corrected chi connectivity index (χ0v) is 20.5. The van der Waals surface area contributed by atoms with Crippen molar-refractivity contribution in [1.82, 2.24) is 15.3 Å². The van der Waals surface area contributed by atoms with E-state index in [-0.39, 0.29) is 29.5 Å². The number of rotatable bonds is 5. The highest BCUT2D eigenvalue weighted by Crippen LogP contribution is 2.28. The normalized spacial score (nSPS) is 17.8. The molecule has 1 saturated carbocycles. The molecule has 2 aliphatic heterocycles. The number of ether oxygens (including phenoxy) is 1. The summed E-state index contributed by atoms with van der Waals surface area (Å²) in [5.74, 6) is 0.269. The van der Waals surface area contributed by atoms with Crippen molar-refractivity contribution in [3.63, 3.8) is 0 Å². The van der Waals surface area contributed by atoms with E-state index < -0.39 is 17.6 Å². The molecule has 2 aromatic rings. The predicted octanol–water partition coefficient (Wildman–Crippen LogP) is 2.79. The summed E-state index contributed by atoms with van der Waals surface area (Å²) < 4.78 is 5.37. The lowest BCUT2D eigenvalue weighted by Gasteiger charge is -2.29. The van der Waals surface area contributed by atoms with Gasteiger partial charge in [-0.1, -0.05) is 25.7 Å². The van der Waals surface area contributed by atoms with Gasteiger partial charge in [0.25, 0.3) is 0 Å². The SMILES string of the molecule is C1CCC1.N#Cc1c[nH]c(NC(=O)N2CCCc3cc(CNC(=O)C4CCCO4)c(C=O)nc32)cc1=O. The second-order valence-electron chi connectivity index (χ2n) is 9.19. The molecule has 3 aliphatic rings. The first-order chi connectivity index (χ1) is 18.0. The van der Waals surface area contributed by atoms with Crippen molar-refractivity contribution in [2.24, 2.45) is 0 Å². The Morgan fingerprint density at radius 3 is 2.62 bits per heavy atom. The highest BCUT2D eigenvalue weighted by atomic mass is 16.5. The van der Waals surface area contributed by atoms with Gasteiger partial charge in [-0.2, -0.15) is 5.26 Å². The molecule has 1 unspecified atom stereocenters. The van der Waals surface area contributed by atoms with Gasteiger partial charge in [0, 0.05) is 37.5 Å². The Labute approximate surface area is 214 Å². The Morgan fingerprint density at radius 2 is 2.00 bits per heavy atom. The van der Waals surface area contributed by atoms with Crippen LogP contribution in [0.1, 0.15) is 72.1 Å². The van der Waals surface area contributed by atoms with Gasteiger partial charge in [-0.05, 0) is 37.3 Å². The van der Waals surface area contributed by atoms with E-state index in [4.69, 9.17) is 10.00 Å². The van der Waals surface area contributed by atoms with Gasteiger partial charge in [-0.3, -0.25) is 24.6 Å². The van der Waals surface area contributed by atoms with Gasteiger partial charge in [0.15, 0.2) is 6.29 Å². The third kappa shape index (κ3) is 6.40. The number of anilines is 2. The summed E-state index contributed by atoms with van der Waals surface area (Å²) in [6.07, 6.45) is 10.2. The molecular weight excluding hydrogens is 476 g/mol. The molecule has 2 aromatic heterocycles. The zero-order valence-electron chi connectivity index (χ0n) is 20.5. The van der Waals surface area contributed by atoms with Crippen LogP contribution in [0.2, 0.25) is 0 Å². The van der Waals surface area contributed by atoms with E-state index in [2.05, 4.69) is 20.6 Å². The van der Waals surface area contributed by atoms with Crippen LogP contribution in [0.5, 0.6) is 0 Å². The minimum absolute atomic E-state index is 0.0623. The lowest BCUT2D eigenvalue weighted by atomic mass is 10.0. The van der Waals surface area contributed by atoms with Crippen molar-refractivity contribution in [1.29, 1.82) is 5.26 Å². The van der Waals surface area contributed by atoms with Gasteiger partial charge >= 0.3 is 6.03 Å². The number of amides is 3. The number of hydrogen-bond acceptors (Lipinski definition) is 7. The van der Waals surface area contributed by atoms with Crippen molar-refractivity contribution in [3.05, 3.63) is 50.9 Å². The fourth-order valence-electron chi connectivity index (χ4n) is 4.14. The molecular formula is C26H30N6O5. The topological polar surface area (TPSA) is 157 Å². The summed E-state index contributed by atoms with van der Waals surface area (Å²) in [7, 11) is 0. The van der Waals surface area contributed by atoms with Crippen molar-refractivity contribution in [3.8, 4) is 6.07 Å². The maximum absolute atomic E-state index is 12.9. The molecule has 3 N–H and O–H groups in total. The maximum atomic E-state index is 12.9. The molecule has 1 aliphatic carbocycles. The number of carbonyl (C=O) groups excluding carboxylic acids is 3. The molecule has 0 spiro atoms. The van der Waals surface area contributed by atoms with E-state index in [0.717, 1.165) is 18.1 Å². The number of aromatic nitrogens is 2. The Kier molecular flexibility index (Phi) is 8.64. The summed E-state index contributed by atoms with van der Waals surface area (Å²) in [5.41, 5.74) is 0.896. The largest absolute Gasteiger partial charge is 0.368 e. The Bertz CT molecular complexity index is 1250. The van der Waals surface area contributed by atoms with Crippen molar-refractivity contribution < 1.29 is 19.1 Å². The Morgan fingerprint density at radius 1 is 1.22 bits per heavy atom. The monoisotopic (exact) mass is 506 g/mol. The molecule has 11 nitrogen and oxygen atoms in total. The molecule has 1 atom stereocenters. The van der Waals surface area contributed by atoms with Gasteiger partial charge < -0.3 is 15.0 Å². The standard InChI is InChI=1S/C22H22N6O5.C4H8/c23-9-15-11-24-19(8-17(15)30)27-22(32)28-5-1-3-13-7-14(16(12-29)26-20(13)28)10-25-21(31)18-4-2-6-33-18;1-2-4-3-1/h7-8,11-12,18H,1-6,10H2,(H,25,31)(H2,24,27,30,32);1-4H2.